The van der Waals surface area contributed by atoms with Crippen molar-refractivity contribution in [2.24, 2.45) is 0 Å². The second-order valence-electron chi connectivity index (χ2n) is 4.02. The summed E-state index contributed by atoms with van der Waals surface area (Å²) in [6.07, 6.45) is 2.62. The molecule has 2 aromatic rings. The van der Waals surface area contributed by atoms with Gasteiger partial charge >= 0.3 is 0 Å². The molecule has 100 valence electrons. The van der Waals surface area contributed by atoms with E-state index in [4.69, 9.17) is 0 Å². The first kappa shape index (κ1) is 13.5. The van der Waals surface area contributed by atoms with E-state index >= 15 is 0 Å². The van der Waals surface area contributed by atoms with Crippen molar-refractivity contribution in [3.63, 3.8) is 0 Å². The molecule has 2 rings (SSSR count). The average Bonchev–Trinajstić information content (AvgIpc) is 2.96. The molecule has 0 saturated heterocycles. The number of amides is 1. The van der Waals surface area contributed by atoms with Crippen molar-refractivity contribution < 1.29 is 4.79 Å². The van der Waals surface area contributed by atoms with Crippen molar-refractivity contribution in [3.05, 3.63) is 40.5 Å². The van der Waals surface area contributed by atoms with E-state index in [9.17, 15) is 4.79 Å². The van der Waals surface area contributed by atoms with Crippen LogP contribution in [0.2, 0.25) is 0 Å². The number of carbonyl (C=O) groups excluding carboxylic acids is 1. The molecule has 6 heteroatoms. The highest BCUT2D eigenvalue weighted by atomic mass is 32.1. The van der Waals surface area contributed by atoms with E-state index in [1.54, 1.807) is 17.8 Å². The van der Waals surface area contributed by atoms with Crippen LogP contribution in [0.4, 0.5) is 5.82 Å². The molecule has 0 aromatic carbocycles. The normalized spacial score (nSPS) is 10.2. The van der Waals surface area contributed by atoms with E-state index in [1.807, 2.05) is 11.4 Å². The lowest BCUT2D eigenvalue weighted by molar-refractivity contribution is 0.0950. The van der Waals surface area contributed by atoms with Crippen molar-refractivity contribution in [3.8, 4) is 0 Å². The van der Waals surface area contributed by atoms with Gasteiger partial charge in [0, 0.05) is 18.1 Å². The largest absolute Gasteiger partial charge is 0.370 e. The minimum atomic E-state index is -0.137. The van der Waals surface area contributed by atoms with Crippen molar-refractivity contribution in [2.75, 3.05) is 11.9 Å². The number of carbonyl (C=O) groups is 1. The highest BCUT2D eigenvalue weighted by Gasteiger charge is 2.06. The second-order valence-corrected chi connectivity index (χ2v) is 4.74. The lowest BCUT2D eigenvalue weighted by Gasteiger charge is -2.05. The molecule has 0 bridgehead atoms. The van der Waals surface area contributed by atoms with Crippen LogP contribution in [0.5, 0.6) is 0 Å². The first-order valence-corrected chi connectivity index (χ1v) is 7.09. The number of aromatic nitrogens is 2. The lowest BCUT2D eigenvalue weighted by Crippen LogP contribution is -2.23. The zero-order valence-electron chi connectivity index (χ0n) is 10.7. The van der Waals surface area contributed by atoms with Crippen molar-refractivity contribution in [2.45, 2.75) is 19.9 Å². The Morgan fingerprint density at radius 1 is 1.37 bits per heavy atom. The van der Waals surface area contributed by atoms with Crippen molar-refractivity contribution in [1.82, 2.24) is 15.3 Å². The van der Waals surface area contributed by atoms with E-state index in [0.717, 1.165) is 24.5 Å². The Morgan fingerprint density at radius 2 is 2.26 bits per heavy atom. The molecule has 0 aliphatic heterocycles. The third-order valence-corrected chi connectivity index (χ3v) is 3.13. The molecule has 2 aromatic heterocycles. The molecule has 0 aliphatic rings. The van der Waals surface area contributed by atoms with Crippen LogP contribution in [0.1, 0.15) is 29.4 Å². The number of nitrogens with one attached hydrogen (secondary N) is 2. The van der Waals surface area contributed by atoms with Gasteiger partial charge in [-0.2, -0.15) is 0 Å². The van der Waals surface area contributed by atoms with Crippen LogP contribution in [-0.2, 0) is 6.54 Å². The second kappa shape index (κ2) is 6.84. The monoisotopic (exact) mass is 276 g/mol. The van der Waals surface area contributed by atoms with Crippen LogP contribution in [0.15, 0.2) is 29.2 Å². The zero-order valence-corrected chi connectivity index (χ0v) is 11.5. The number of nitrogens with zero attached hydrogens (tertiary/aromatic N) is 2. The maximum absolute atomic E-state index is 11.9. The van der Waals surface area contributed by atoms with E-state index in [1.165, 1.54) is 11.3 Å². The fraction of sp³-hybridized carbons (Fsp3) is 0.308. The van der Waals surface area contributed by atoms with Gasteiger partial charge in [0.15, 0.2) is 0 Å². The van der Waals surface area contributed by atoms with Gasteiger partial charge in [-0.05, 0) is 18.6 Å². The molecule has 2 heterocycles. The molecule has 2 N–H and O–H groups in total. The molecule has 0 radical (unpaired) electrons. The fourth-order valence-corrected chi connectivity index (χ4v) is 2.04. The Bertz CT molecular complexity index is 510. The number of pyridine rings is 1. The van der Waals surface area contributed by atoms with Gasteiger partial charge in [-0.15, -0.1) is 11.3 Å². The first-order valence-electron chi connectivity index (χ1n) is 6.14. The highest BCUT2D eigenvalue weighted by molar-refractivity contribution is 7.07. The summed E-state index contributed by atoms with van der Waals surface area (Å²) in [5, 5.41) is 7.89. The Labute approximate surface area is 116 Å². The fourth-order valence-electron chi connectivity index (χ4n) is 1.48. The summed E-state index contributed by atoms with van der Waals surface area (Å²) in [6.45, 7) is 3.41. The van der Waals surface area contributed by atoms with Crippen LogP contribution >= 0.6 is 11.3 Å². The minimum Gasteiger partial charge on any atom is -0.370 e. The molecule has 1 amide bonds. The zero-order chi connectivity index (χ0) is 13.5. The smallest absolute Gasteiger partial charge is 0.253 e. The predicted molar refractivity (Wildman–Crippen MR) is 76.3 cm³/mol. The summed E-state index contributed by atoms with van der Waals surface area (Å²) < 4.78 is 0. The molecule has 0 fully saturated rings. The standard InChI is InChI=1S/C13H16N4OS/c1-2-5-14-12-4-3-10(6-15-12)13(18)16-7-11-8-19-9-17-11/h3-4,6,8-9H,2,5,7H2,1H3,(H,14,15)(H,16,18). The van der Waals surface area contributed by atoms with Crippen LogP contribution < -0.4 is 10.6 Å². The summed E-state index contributed by atoms with van der Waals surface area (Å²) in [7, 11) is 0. The van der Waals surface area contributed by atoms with Gasteiger partial charge in [-0.3, -0.25) is 4.79 Å². The van der Waals surface area contributed by atoms with E-state index in [2.05, 4.69) is 27.5 Å². The Kier molecular flexibility index (Phi) is 4.85. The molecule has 0 unspecified atom stereocenters. The van der Waals surface area contributed by atoms with Crippen LogP contribution in [0.3, 0.4) is 0 Å². The number of hydrogen-bond donors (Lipinski definition) is 2. The van der Waals surface area contributed by atoms with Crippen LogP contribution in [-0.4, -0.2) is 22.4 Å². The molecule has 19 heavy (non-hydrogen) atoms. The van der Waals surface area contributed by atoms with Crippen molar-refractivity contribution in [1.29, 1.82) is 0 Å². The summed E-state index contributed by atoms with van der Waals surface area (Å²) in [4.78, 5) is 20.2. The molecule has 0 aliphatic carbocycles. The molecular weight excluding hydrogens is 260 g/mol. The maximum atomic E-state index is 11.9. The number of anilines is 1. The Morgan fingerprint density at radius 3 is 2.89 bits per heavy atom. The van der Waals surface area contributed by atoms with Crippen LogP contribution in [0.25, 0.3) is 0 Å². The third kappa shape index (κ3) is 4.03. The lowest BCUT2D eigenvalue weighted by atomic mass is 10.2. The van der Waals surface area contributed by atoms with E-state index < -0.39 is 0 Å². The number of rotatable bonds is 6. The van der Waals surface area contributed by atoms with Crippen molar-refractivity contribution >= 4 is 23.1 Å². The minimum absolute atomic E-state index is 0.137. The van der Waals surface area contributed by atoms with Gasteiger partial charge in [0.25, 0.3) is 5.91 Å². The van der Waals surface area contributed by atoms with Gasteiger partial charge in [0.1, 0.15) is 5.82 Å². The Balaban J connectivity index is 1.88. The predicted octanol–water partition coefficient (Wildman–Crippen LogP) is 2.29. The molecular formula is C13H16N4OS. The van der Waals surface area contributed by atoms with E-state index in [-0.39, 0.29) is 5.91 Å². The van der Waals surface area contributed by atoms with Gasteiger partial charge in [0.2, 0.25) is 0 Å². The molecule has 0 saturated carbocycles. The van der Waals surface area contributed by atoms with Gasteiger partial charge in [-0.25, -0.2) is 9.97 Å². The van der Waals surface area contributed by atoms with Crippen LogP contribution in [0, 0.1) is 0 Å². The SMILES string of the molecule is CCCNc1ccc(C(=O)NCc2cscn2)cn1. The van der Waals surface area contributed by atoms with Gasteiger partial charge in [-0.1, -0.05) is 6.92 Å². The first-order chi connectivity index (χ1) is 9.29. The highest BCUT2D eigenvalue weighted by Crippen LogP contribution is 2.06. The summed E-state index contributed by atoms with van der Waals surface area (Å²) >= 11 is 1.51. The average molecular weight is 276 g/mol. The quantitative estimate of drug-likeness (QED) is 0.849. The van der Waals surface area contributed by atoms with Gasteiger partial charge in [0.05, 0.1) is 23.3 Å². The summed E-state index contributed by atoms with van der Waals surface area (Å²) in [5.74, 6) is 0.653. The maximum Gasteiger partial charge on any atom is 0.253 e. The Hall–Kier alpha value is -1.95. The van der Waals surface area contributed by atoms with E-state index in [0.29, 0.717) is 12.1 Å². The van der Waals surface area contributed by atoms with Gasteiger partial charge < -0.3 is 10.6 Å². The molecule has 0 spiro atoms. The third-order valence-electron chi connectivity index (χ3n) is 2.50. The number of hydrogen-bond acceptors (Lipinski definition) is 5. The summed E-state index contributed by atoms with van der Waals surface area (Å²) in [5.41, 5.74) is 3.17. The topological polar surface area (TPSA) is 66.9 Å². The molecule has 5 nitrogen and oxygen atoms in total. The molecule has 0 atom stereocenters. The number of thiazole rings is 1. The summed E-state index contributed by atoms with van der Waals surface area (Å²) in [6, 6.07) is 3.58.